The largest absolute Gasteiger partial charge is 0.497 e. The minimum Gasteiger partial charge on any atom is -0.497 e. The zero-order chi connectivity index (χ0) is 30.0. The minimum absolute atomic E-state index is 0.0978. The summed E-state index contributed by atoms with van der Waals surface area (Å²) in [6.07, 6.45) is 4.84. The van der Waals surface area contributed by atoms with Crippen molar-refractivity contribution in [3.63, 3.8) is 0 Å². The summed E-state index contributed by atoms with van der Waals surface area (Å²) < 4.78 is 32.6. The summed E-state index contributed by atoms with van der Waals surface area (Å²) in [5.74, 6) is 0.305. The number of carbonyl (C=O) groups is 2. The lowest BCUT2D eigenvalue weighted by atomic mass is 10.0. The van der Waals surface area contributed by atoms with Crippen LogP contribution in [0, 0.1) is 0 Å². The van der Waals surface area contributed by atoms with E-state index in [1.807, 2.05) is 54.6 Å². The second kappa shape index (κ2) is 15.0. The maximum Gasteiger partial charge on any atom is 0.243 e. The summed E-state index contributed by atoms with van der Waals surface area (Å²) in [6, 6.07) is 24.9. The van der Waals surface area contributed by atoms with Crippen LogP contribution < -0.4 is 10.1 Å². The predicted molar refractivity (Wildman–Crippen MR) is 163 cm³/mol. The van der Waals surface area contributed by atoms with Gasteiger partial charge in [0.05, 0.1) is 12.0 Å². The first kappa shape index (κ1) is 31.3. The van der Waals surface area contributed by atoms with E-state index in [-0.39, 0.29) is 42.3 Å². The topological polar surface area (TPSA) is 96.0 Å². The second-order valence-electron chi connectivity index (χ2n) is 10.8. The van der Waals surface area contributed by atoms with E-state index in [0.29, 0.717) is 18.6 Å². The highest BCUT2D eigenvalue weighted by Crippen LogP contribution is 2.22. The fourth-order valence-electron chi connectivity index (χ4n) is 5.38. The zero-order valence-corrected chi connectivity index (χ0v) is 25.3. The van der Waals surface area contributed by atoms with Gasteiger partial charge in [0.1, 0.15) is 11.8 Å². The van der Waals surface area contributed by atoms with Gasteiger partial charge in [-0.25, -0.2) is 12.7 Å². The van der Waals surface area contributed by atoms with Crippen LogP contribution in [0.15, 0.2) is 89.8 Å². The molecule has 0 bridgehead atoms. The van der Waals surface area contributed by atoms with Crippen molar-refractivity contribution in [1.82, 2.24) is 14.5 Å². The van der Waals surface area contributed by atoms with Crippen LogP contribution in [0.3, 0.4) is 0 Å². The number of sulfonamides is 1. The van der Waals surface area contributed by atoms with Gasteiger partial charge in [0.15, 0.2) is 0 Å². The molecule has 1 saturated carbocycles. The molecule has 3 aromatic rings. The number of nitrogens with zero attached hydrogens (tertiary/aromatic N) is 2. The van der Waals surface area contributed by atoms with Gasteiger partial charge in [-0.3, -0.25) is 9.59 Å². The lowest BCUT2D eigenvalue weighted by molar-refractivity contribution is -0.141. The van der Waals surface area contributed by atoms with E-state index in [1.165, 1.54) is 11.4 Å². The molecule has 0 saturated heterocycles. The molecule has 0 aliphatic heterocycles. The first-order valence-electron chi connectivity index (χ1n) is 14.6. The van der Waals surface area contributed by atoms with E-state index >= 15 is 0 Å². The van der Waals surface area contributed by atoms with Crippen molar-refractivity contribution < 1.29 is 22.7 Å². The first-order chi connectivity index (χ1) is 20.3. The maximum atomic E-state index is 13.9. The van der Waals surface area contributed by atoms with Crippen molar-refractivity contribution in [2.24, 2.45) is 0 Å². The van der Waals surface area contributed by atoms with Crippen LogP contribution in [0.1, 0.15) is 49.7 Å². The summed E-state index contributed by atoms with van der Waals surface area (Å²) >= 11 is 0. The molecule has 1 aliphatic carbocycles. The molecule has 1 atom stereocenters. The number of ether oxygens (including phenoxy) is 1. The van der Waals surface area contributed by atoms with Crippen LogP contribution in [0.4, 0.5) is 0 Å². The van der Waals surface area contributed by atoms with Crippen molar-refractivity contribution in [1.29, 1.82) is 0 Å². The lowest BCUT2D eigenvalue weighted by Gasteiger charge is -2.32. The normalized spacial score (nSPS) is 14.5. The van der Waals surface area contributed by atoms with Gasteiger partial charge in [0, 0.05) is 39.0 Å². The van der Waals surface area contributed by atoms with Gasteiger partial charge in [0.25, 0.3) is 0 Å². The van der Waals surface area contributed by atoms with Gasteiger partial charge in [-0.2, -0.15) is 0 Å². The van der Waals surface area contributed by atoms with Gasteiger partial charge >= 0.3 is 0 Å². The van der Waals surface area contributed by atoms with Crippen LogP contribution in [0.2, 0.25) is 0 Å². The molecule has 0 aromatic heterocycles. The molecule has 4 rings (SSSR count). The second-order valence-corrected chi connectivity index (χ2v) is 12.9. The molecule has 1 N–H and O–H groups in total. The van der Waals surface area contributed by atoms with Crippen molar-refractivity contribution >= 4 is 21.8 Å². The molecule has 0 heterocycles. The molecule has 8 nitrogen and oxygen atoms in total. The van der Waals surface area contributed by atoms with Crippen molar-refractivity contribution in [2.75, 3.05) is 20.7 Å². The first-order valence-corrected chi connectivity index (χ1v) is 16.0. The third-order valence-corrected chi connectivity index (χ3v) is 9.65. The maximum absolute atomic E-state index is 13.9. The third kappa shape index (κ3) is 8.42. The van der Waals surface area contributed by atoms with Gasteiger partial charge in [-0.1, -0.05) is 73.5 Å². The van der Waals surface area contributed by atoms with Crippen molar-refractivity contribution in [3.8, 4) is 5.75 Å². The number of rotatable bonds is 14. The molecular formula is C33H41N3O5S. The van der Waals surface area contributed by atoms with E-state index < -0.39 is 16.1 Å². The summed E-state index contributed by atoms with van der Waals surface area (Å²) in [5, 5.41) is 3.21. The van der Waals surface area contributed by atoms with E-state index in [0.717, 1.165) is 36.8 Å². The zero-order valence-electron chi connectivity index (χ0n) is 24.4. The quantitative estimate of drug-likeness (QED) is 0.291. The Kier molecular flexibility index (Phi) is 11.1. The number of amides is 2. The lowest BCUT2D eigenvalue weighted by Crippen LogP contribution is -2.52. The minimum atomic E-state index is -3.67. The Morgan fingerprint density at radius 3 is 2.24 bits per heavy atom. The van der Waals surface area contributed by atoms with Crippen LogP contribution in [-0.2, 0) is 32.6 Å². The molecular weight excluding hydrogens is 550 g/mol. The number of methoxy groups -OCH3 is 1. The van der Waals surface area contributed by atoms with Gasteiger partial charge < -0.3 is 15.0 Å². The fourth-order valence-corrected chi connectivity index (χ4v) is 6.61. The number of hydrogen-bond donors (Lipinski definition) is 1. The predicted octanol–water partition coefficient (Wildman–Crippen LogP) is 4.79. The summed E-state index contributed by atoms with van der Waals surface area (Å²) in [6.45, 7) is 0.400. The van der Waals surface area contributed by atoms with E-state index in [1.54, 1.807) is 42.3 Å². The summed E-state index contributed by atoms with van der Waals surface area (Å²) in [5.41, 5.74) is 1.81. The Morgan fingerprint density at radius 1 is 0.929 bits per heavy atom. The highest BCUT2D eigenvalue weighted by molar-refractivity contribution is 7.89. The highest BCUT2D eigenvalue weighted by Gasteiger charge is 2.32. The molecule has 1 aliphatic rings. The summed E-state index contributed by atoms with van der Waals surface area (Å²) in [7, 11) is -0.552. The highest BCUT2D eigenvalue weighted by atomic mass is 32.2. The Balaban J connectivity index is 1.55. The molecule has 3 aromatic carbocycles. The number of benzene rings is 3. The Morgan fingerprint density at radius 2 is 1.57 bits per heavy atom. The molecule has 2 amide bonds. The van der Waals surface area contributed by atoms with Crippen molar-refractivity contribution in [3.05, 3.63) is 96.1 Å². The summed E-state index contributed by atoms with van der Waals surface area (Å²) in [4.78, 5) is 29.6. The fraction of sp³-hybridized carbons (Fsp3) is 0.394. The Bertz CT molecular complexity index is 1410. The van der Waals surface area contributed by atoms with Crippen LogP contribution in [0.25, 0.3) is 0 Å². The van der Waals surface area contributed by atoms with Crippen LogP contribution >= 0.6 is 0 Å². The van der Waals surface area contributed by atoms with Crippen molar-refractivity contribution in [2.45, 2.75) is 68.5 Å². The molecule has 1 fully saturated rings. The van der Waals surface area contributed by atoms with Crippen LogP contribution in [0.5, 0.6) is 5.75 Å². The molecule has 42 heavy (non-hydrogen) atoms. The molecule has 224 valence electrons. The van der Waals surface area contributed by atoms with E-state index in [9.17, 15) is 18.0 Å². The third-order valence-electron chi connectivity index (χ3n) is 7.77. The SMILES string of the molecule is COc1cccc(CN(C(=O)CCCN(C)S(=O)(=O)c2ccccc2)C(Cc2ccccc2)C(=O)NC2CCCC2)c1. The van der Waals surface area contributed by atoms with Gasteiger partial charge in [-0.15, -0.1) is 0 Å². The Hall–Kier alpha value is -3.69. The number of carbonyl (C=O) groups excluding carboxylic acids is 2. The average molecular weight is 592 g/mol. The molecule has 0 radical (unpaired) electrons. The van der Waals surface area contributed by atoms with Crippen LogP contribution in [-0.4, -0.2) is 62.2 Å². The average Bonchev–Trinajstić information content (AvgIpc) is 3.52. The van der Waals surface area contributed by atoms with E-state index in [2.05, 4.69) is 5.32 Å². The molecule has 0 spiro atoms. The molecule has 1 unspecified atom stereocenters. The molecule has 9 heteroatoms. The monoisotopic (exact) mass is 591 g/mol. The number of nitrogens with one attached hydrogen (secondary N) is 1. The standard InChI is InChI=1S/C33H41N3O5S/c1-35(42(39,40)30-19-7-4-8-20-30)22-12-21-32(37)36(25-27-15-11-18-29(23-27)41-2)31(24-26-13-5-3-6-14-26)33(38)34-28-16-9-10-17-28/h3-8,11,13-15,18-20,23,28,31H,9-10,12,16-17,21-22,24-25H2,1-2H3,(H,34,38). The van der Waals surface area contributed by atoms with Gasteiger partial charge in [0.2, 0.25) is 21.8 Å². The van der Waals surface area contributed by atoms with E-state index in [4.69, 9.17) is 4.74 Å². The Labute approximate surface area is 249 Å². The smallest absolute Gasteiger partial charge is 0.243 e. The van der Waals surface area contributed by atoms with Gasteiger partial charge in [-0.05, 0) is 54.7 Å². The number of hydrogen-bond acceptors (Lipinski definition) is 5.